The summed E-state index contributed by atoms with van der Waals surface area (Å²) in [6.07, 6.45) is 0. The Morgan fingerprint density at radius 1 is 0.319 bits per heavy atom. The Morgan fingerprint density at radius 3 is 1.40 bits per heavy atom. The molecule has 9 aromatic rings. The molecule has 0 fully saturated rings. The van der Waals surface area contributed by atoms with Crippen molar-refractivity contribution in [3.05, 3.63) is 170 Å². The molecule has 2 aromatic heterocycles. The number of hydrogen-bond donors (Lipinski definition) is 0. The lowest BCUT2D eigenvalue weighted by Crippen LogP contribution is -2.00. The zero-order valence-electron chi connectivity index (χ0n) is 25.5. The lowest BCUT2D eigenvalue weighted by Gasteiger charge is -2.11. The third kappa shape index (κ3) is 4.75. The molecule has 2 heterocycles. The number of nitrogens with zero attached hydrogens (tertiary/aromatic N) is 4. The zero-order valence-corrected chi connectivity index (χ0v) is 25.5. The van der Waals surface area contributed by atoms with Crippen LogP contribution >= 0.6 is 0 Å². The Kier molecular flexibility index (Phi) is 6.43. The van der Waals surface area contributed by atoms with Gasteiger partial charge in [-0.3, -0.25) is 0 Å². The summed E-state index contributed by atoms with van der Waals surface area (Å²) < 4.78 is 2.40. The van der Waals surface area contributed by atoms with Crippen LogP contribution in [0.15, 0.2) is 170 Å². The molecule has 0 saturated heterocycles. The first kappa shape index (κ1) is 27.0. The van der Waals surface area contributed by atoms with Gasteiger partial charge >= 0.3 is 0 Å². The van der Waals surface area contributed by atoms with E-state index in [1.165, 1.54) is 32.6 Å². The van der Waals surface area contributed by atoms with Crippen LogP contribution in [0.25, 0.3) is 83.6 Å². The van der Waals surface area contributed by atoms with Crippen molar-refractivity contribution in [1.29, 1.82) is 0 Å². The highest BCUT2D eigenvalue weighted by molar-refractivity contribution is 6.18. The van der Waals surface area contributed by atoms with Gasteiger partial charge in [0.2, 0.25) is 0 Å². The Balaban J connectivity index is 1.09. The molecule has 7 aromatic carbocycles. The van der Waals surface area contributed by atoms with Gasteiger partial charge < -0.3 is 4.57 Å². The molecule has 9 rings (SSSR count). The molecule has 0 spiro atoms. The van der Waals surface area contributed by atoms with Gasteiger partial charge in [-0.1, -0.05) is 152 Å². The predicted octanol–water partition coefficient (Wildman–Crippen LogP) is 10.8. The Bertz CT molecular complexity index is 2480. The first-order valence-corrected chi connectivity index (χ1v) is 15.8. The minimum Gasteiger partial charge on any atom is -0.309 e. The van der Waals surface area contributed by atoms with Crippen LogP contribution in [0.4, 0.5) is 0 Å². The monoisotopic (exact) mass is 600 g/mol. The molecule has 0 N–H and O–H groups in total. The maximum atomic E-state index is 4.89. The van der Waals surface area contributed by atoms with Gasteiger partial charge in [-0.15, -0.1) is 0 Å². The molecule has 0 amide bonds. The van der Waals surface area contributed by atoms with Crippen LogP contribution in [-0.2, 0) is 0 Å². The summed E-state index contributed by atoms with van der Waals surface area (Å²) in [7, 11) is 0. The van der Waals surface area contributed by atoms with E-state index >= 15 is 0 Å². The van der Waals surface area contributed by atoms with Crippen LogP contribution in [0.3, 0.4) is 0 Å². The molecule has 4 heteroatoms. The van der Waals surface area contributed by atoms with Crippen LogP contribution in [0.2, 0.25) is 0 Å². The second-order valence-corrected chi connectivity index (χ2v) is 11.7. The van der Waals surface area contributed by atoms with Crippen LogP contribution in [0.1, 0.15) is 0 Å². The average molecular weight is 601 g/mol. The highest BCUT2D eigenvalue weighted by Crippen LogP contribution is 2.37. The van der Waals surface area contributed by atoms with Gasteiger partial charge in [-0.25, -0.2) is 15.0 Å². The lowest BCUT2D eigenvalue weighted by atomic mass is 10.0. The largest absolute Gasteiger partial charge is 0.309 e. The van der Waals surface area contributed by atoms with Gasteiger partial charge in [0.25, 0.3) is 0 Å². The SMILES string of the molecule is c1ccc(-c2nc(-c3ccccc3)nc(-c3ccc(-c4ccc(-n5c6ccccc6c6ccc7ccccc7c65)cc4)cc3)n2)cc1. The topological polar surface area (TPSA) is 43.6 Å². The number of hydrogen-bond acceptors (Lipinski definition) is 3. The summed E-state index contributed by atoms with van der Waals surface area (Å²) in [4.78, 5) is 14.6. The van der Waals surface area contributed by atoms with Gasteiger partial charge in [0, 0.05) is 38.5 Å². The Hall–Kier alpha value is -6.39. The van der Waals surface area contributed by atoms with Crippen molar-refractivity contribution < 1.29 is 0 Å². The molecule has 220 valence electrons. The number of para-hydroxylation sites is 1. The molecule has 0 radical (unpaired) electrons. The predicted molar refractivity (Wildman–Crippen MR) is 193 cm³/mol. The zero-order chi connectivity index (χ0) is 31.2. The summed E-state index contributed by atoms with van der Waals surface area (Å²) >= 11 is 0. The average Bonchev–Trinajstić information content (AvgIpc) is 3.50. The van der Waals surface area contributed by atoms with E-state index in [9.17, 15) is 0 Å². The molecule has 0 aliphatic heterocycles. The van der Waals surface area contributed by atoms with E-state index in [1.807, 2.05) is 60.7 Å². The van der Waals surface area contributed by atoms with Crippen LogP contribution in [0, 0.1) is 0 Å². The second kappa shape index (κ2) is 11.2. The van der Waals surface area contributed by atoms with Crippen molar-refractivity contribution in [3.63, 3.8) is 0 Å². The van der Waals surface area contributed by atoms with Gasteiger partial charge in [0.15, 0.2) is 17.5 Å². The molecule has 0 bridgehead atoms. The molecular formula is C43H28N4. The van der Waals surface area contributed by atoms with Gasteiger partial charge in [-0.05, 0) is 34.7 Å². The lowest BCUT2D eigenvalue weighted by molar-refractivity contribution is 1.07. The third-order valence-corrected chi connectivity index (χ3v) is 8.86. The normalized spacial score (nSPS) is 11.4. The smallest absolute Gasteiger partial charge is 0.164 e. The van der Waals surface area contributed by atoms with Crippen LogP contribution in [0.5, 0.6) is 0 Å². The molecule has 0 atom stereocenters. The Morgan fingerprint density at radius 2 is 0.787 bits per heavy atom. The number of rotatable bonds is 5. The van der Waals surface area contributed by atoms with Gasteiger partial charge in [0.1, 0.15) is 0 Å². The van der Waals surface area contributed by atoms with E-state index in [0.29, 0.717) is 17.5 Å². The number of fused-ring (bicyclic) bond motifs is 5. The first-order valence-electron chi connectivity index (χ1n) is 15.8. The fraction of sp³-hybridized carbons (Fsp3) is 0. The second-order valence-electron chi connectivity index (χ2n) is 11.7. The van der Waals surface area contributed by atoms with E-state index in [1.54, 1.807) is 0 Å². The number of benzene rings is 7. The van der Waals surface area contributed by atoms with E-state index in [0.717, 1.165) is 33.5 Å². The maximum Gasteiger partial charge on any atom is 0.164 e. The fourth-order valence-electron chi connectivity index (χ4n) is 6.55. The van der Waals surface area contributed by atoms with Gasteiger partial charge in [-0.2, -0.15) is 0 Å². The third-order valence-electron chi connectivity index (χ3n) is 8.86. The van der Waals surface area contributed by atoms with Crippen LogP contribution < -0.4 is 0 Å². The molecule has 0 saturated carbocycles. The van der Waals surface area contributed by atoms with Crippen molar-refractivity contribution in [2.75, 3.05) is 0 Å². The van der Waals surface area contributed by atoms with E-state index < -0.39 is 0 Å². The highest BCUT2D eigenvalue weighted by Gasteiger charge is 2.15. The molecule has 0 aliphatic carbocycles. The Labute approximate surface area is 272 Å². The quantitative estimate of drug-likeness (QED) is 0.197. The molecule has 4 nitrogen and oxygen atoms in total. The van der Waals surface area contributed by atoms with E-state index in [4.69, 9.17) is 15.0 Å². The van der Waals surface area contributed by atoms with Crippen molar-refractivity contribution in [3.8, 4) is 51.0 Å². The highest BCUT2D eigenvalue weighted by atomic mass is 15.0. The molecule has 0 aliphatic rings. The van der Waals surface area contributed by atoms with Crippen molar-refractivity contribution >= 4 is 32.6 Å². The minimum atomic E-state index is 0.651. The van der Waals surface area contributed by atoms with Crippen molar-refractivity contribution in [2.24, 2.45) is 0 Å². The van der Waals surface area contributed by atoms with Gasteiger partial charge in [0.05, 0.1) is 11.0 Å². The summed E-state index contributed by atoms with van der Waals surface area (Å²) in [5.41, 5.74) is 8.73. The minimum absolute atomic E-state index is 0.651. The molecule has 0 unspecified atom stereocenters. The summed E-state index contributed by atoms with van der Waals surface area (Å²) in [5, 5.41) is 5.02. The van der Waals surface area contributed by atoms with Crippen LogP contribution in [-0.4, -0.2) is 19.5 Å². The molecule has 47 heavy (non-hydrogen) atoms. The fourth-order valence-corrected chi connectivity index (χ4v) is 6.55. The first-order chi connectivity index (χ1) is 23.3. The summed E-state index contributed by atoms with van der Waals surface area (Å²) in [5.74, 6) is 1.97. The van der Waals surface area contributed by atoms with E-state index in [-0.39, 0.29) is 0 Å². The number of aromatic nitrogens is 4. The standard InChI is InChI=1S/C43H28N4/c1-3-12-32(13-4-1)41-44-42(33-14-5-2-6-15-33)46-43(45-41)34-21-19-29(20-22-34)30-23-26-35(27-24-30)47-39-18-10-9-17-37(39)38-28-25-31-11-7-8-16-36(31)40(38)47/h1-28H. The van der Waals surface area contributed by atoms with E-state index in [2.05, 4.69) is 114 Å². The summed E-state index contributed by atoms with van der Waals surface area (Å²) in [6.45, 7) is 0. The van der Waals surface area contributed by atoms with Crippen molar-refractivity contribution in [2.45, 2.75) is 0 Å². The summed E-state index contributed by atoms with van der Waals surface area (Å²) in [6, 6.07) is 59.3. The van der Waals surface area contributed by atoms with Crippen molar-refractivity contribution in [1.82, 2.24) is 19.5 Å². The maximum absolute atomic E-state index is 4.89. The molecular weight excluding hydrogens is 573 g/mol.